The van der Waals surface area contributed by atoms with Gasteiger partial charge in [0.1, 0.15) is 5.15 Å². The van der Waals surface area contributed by atoms with E-state index in [4.69, 9.17) is 11.6 Å². The van der Waals surface area contributed by atoms with E-state index in [1.165, 1.54) is 6.20 Å². The first-order valence-electron chi connectivity index (χ1n) is 4.02. The maximum absolute atomic E-state index is 11.6. The zero-order valence-corrected chi connectivity index (χ0v) is 8.38. The second-order valence-corrected chi connectivity index (χ2v) is 3.07. The highest BCUT2D eigenvalue weighted by Gasteiger charge is 2.09. The van der Waals surface area contributed by atoms with Crippen LogP contribution in [-0.2, 0) is 0 Å². The zero-order chi connectivity index (χ0) is 9.84. The maximum atomic E-state index is 11.6. The molecule has 0 unspecified atom stereocenters. The smallest absolute Gasteiger partial charge is 0.253 e. The van der Waals surface area contributed by atoms with Gasteiger partial charge in [0.25, 0.3) is 5.91 Å². The normalized spacial score (nSPS) is 9.77. The Bertz CT molecular complexity index is 314. The van der Waals surface area contributed by atoms with Gasteiger partial charge < -0.3 is 4.90 Å². The molecule has 0 atom stereocenters. The van der Waals surface area contributed by atoms with Crippen molar-refractivity contribution < 1.29 is 4.79 Å². The number of amides is 1. The van der Waals surface area contributed by atoms with E-state index in [1.54, 1.807) is 24.1 Å². The summed E-state index contributed by atoms with van der Waals surface area (Å²) in [7, 11) is 1.75. The Balaban J connectivity index is 2.89. The van der Waals surface area contributed by atoms with Crippen molar-refractivity contribution in [2.24, 2.45) is 0 Å². The van der Waals surface area contributed by atoms with E-state index in [-0.39, 0.29) is 5.91 Å². The minimum atomic E-state index is -0.0354. The van der Waals surface area contributed by atoms with Crippen LogP contribution in [0.4, 0.5) is 0 Å². The molecule has 0 aliphatic carbocycles. The lowest BCUT2D eigenvalue weighted by molar-refractivity contribution is 0.0802. The third-order valence-corrected chi connectivity index (χ3v) is 2.00. The van der Waals surface area contributed by atoms with Gasteiger partial charge in [-0.1, -0.05) is 11.6 Å². The quantitative estimate of drug-likeness (QED) is 0.680. The molecule has 0 saturated carbocycles. The molecule has 3 nitrogen and oxygen atoms in total. The van der Waals surface area contributed by atoms with Crippen molar-refractivity contribution in [1.82, 2.24) is 9.88 Å². The van der Waals surface area contributed by atoms with Gasteiger partial charge in [0, 0.05) is 25.4 Å². The third kappa shape index (κ3) is 2.42. The number of halogens is 1. The lowest BCUT2D eigenvalue weighted by Gasteiger charge is -2.13. The number of carbonyl (C=O) groups excluding carboxylic acids is 1. The van der Waals surface area contributed by atoms with Gasteiger partial charge in [0.05, 0.1) is 0 Å². The van der Waals surface area contributed by atoms with Crippen LogP contribution in [-0.4, -0.2) is 29.4 Å². The van der Waals surface area contributed by atoms with E-state index in [0.29, 0.717) is 17.3 Å². The molecule has 0 fully saturated rings. The first-order valence-corrected chi connectivity index (χ1v) is 4.40. The molecule has 0 radical (unpaired) electrons. The van der Waals surface area contributed by atoms with Crippen LogP contribution in [0.15, 0.2) is 18.3 Å². The largest absolute Gasteiger partial charge is 0.342 e. The first-order chi connectivity index (χ1) is 6.15. The van der Waals surface area contributed by atoms with Gasteiger partial charge >= 0.3 is 0 Å². The summed E-state index contributed by atoms with van der Waals surface area (Å²) in [5.74, 6) is -0.0354. The zero-order valence-electron chi connectivity index (χ0n) is 7.62. The topological polar surface area (TPSA) is 33.2 Å². The second kappa shape index (κ2) is 4.23. The molecule has 0 spiro atoms. The number of hydrogen-bond donors (Lipinski definition) is 0. The molecule has 13 heavy (non-hydrogen) atoms. The summed E-state index contributed by atoms with van der Waals surface area (Å²) in [5, 5.41) is 0.343. The van der Waals surface area contributed by atoms with Gasteiger partial charge in [-0.05, 0) is 19.1 Å². The lowest BCUT2D eigenvalue weighted by Crippen LogP contribution is -2.26. The van der Waals surface area contributed by atoms with Crippen molar-refractivity contribution in [3.63, 3.8) is 0 Å². The number of rotatable bonds is 2. The van der Waals surface area contributed by atoms with Crippen LogP contribution in [0.5, 0.6) is 0 Å². The Morgan fingerprint density at radius 2 is 2.38 bits per heavy atom. The fourth-order valence-corrected chi connectivity index (χ4v) is 1.07. The number of pyridine rings is 1. The second-order valence-electron chi connectivity index (χ2n) is 2.69. The summed E-state index contributed by atoms with van der Waals surface area (Å²) < 4.78 is 0. The van der Waals surface area contributed by atoms with Crippen LogP contribution in [0.3, 0.4) is 0 Å². The standard InChI is InChI=1S/C9H11ClN2O/c1-3-12(2)9(13)7-4-5-11-8(10)6-7/h4-6H,3H2,1-2H3. The Hall–Kier alpha value is -1.09. The highest BCUT2D eigenvalue weighted by Crippen LogP contribution is 2.08. The van der Waals surface area contributed by atoms with E-state index < -0.39 is 0 Å². The number of aromatic nitrogens is 1. The van der Waals surface area contributed by atoms with Gasteiger partial charge in [-0.25, -0.2) is 4.98 Å². The van der Waals surface area contributed by atoms with Crippen molar-refractivity contribution in [2.45, 2.75) is 6.92 Å². The Morgan fingerprint density at radius 1 is 1.69 bits per heavy atom. The molecule has 1 aromatic rings. The summed E-state index contributed by atoms with van der Waals surface area (Å²) in [6.45, 7) is 2.60. The van der Waals surface area contributed by atoms with E-state index in [9.17, 15) is 4.79 Å². The van der Waals surface area contributed by atoms with Crippen molar-refractivity contribution in [3.05, 3.63) is 29.0 Å². The molecule has 0 bridgehead atoms. The molecule has 1 amide bonds. The van der Waals surface area contributed by atoms with Crippen LogP contribution in [0, 0.1) is 0 Å². The van der Waals surface area contributed by atoms with Gasteiger partial charge in [0.15, 0.2) is 0 Å². The van der Waals surface area contributed by atoms with Crippen molar-refractivity contribution >= 4 is 17.5 Å². The molecule has 0 aliphatic heterocycles. The highest BCUT2D eigenvalue weighted by atomic mass is 35.5. The Morgan fingerprint density at radius 3 is 2.92 bits per heavy atom. The van der Waals surface area contributed by atoms with E-state index in [1.807, 2.05) is 6.92 Å². The molecular formula is C9H11ClN2O. The van der Waals surface area contributed by atoms with Crippen LogP contribution >= 0.6 is 11.6 Å². The van der Waals surface area contributed by atoms with Crippen molar-refractivity contribution in [1.29, 1.82) is 0 Å². The molecule has 4 heteroatoms. The molecule has 70 valence electrons. The molecule has 1 aromatic heterocycles. The lowest BCUT2D eigenvalue weighted by atomic mass is 10.2. The number of hydrogen-bond acceptors (Lipinski definition) is 2. The predicted octanol–water partition coefficient (Wildman–Crippen LogP) is 1.83. The molecule has 0 aromatic carbocycles. The average Bonchev–Trinajstić information content (AvgIpc) is 2.15. The number of carbonyl (C=O) groups is 1. The Labute approximate surface area is 82.3 Å². The average molecular weight is 199 g/mol. The van der Waals surface area contributed by atoms with Gasteiger partial charge in [0.2, 0.25) is 0 Å². The third-order valence-electron chi connectivity index (χ3n) is 1.79. The fourth-order valence-electron chi connectivity index (χ4n) is 0.899. The van der Waals surface area contributed by atoms with Crippen molar-refractivity contribution in [2.75, 3.05) is 13.6 Å². The fraction of sp³-hybridized carbons (Fsp3) is 0.333. The summed E-state index contributed by atoms with van der Waals surface area (Å²) in [6, 6.07) is 3.22. The highest BCUT2D eigenvalue weighted by molar-refractivity contribution is 6.29. The Kier molecular flexibility index (Phi) is 3.25. The predicted molar refractivity (Wildman–Crippen MR) is 51.9 cm³/mol. The molecule has 0 aliphatic rings. The minimum Gasteiger partial charge on any atom is -0.342 e. The number of nitrogens with zero attached hydrogens (tertiary/aromatic N) is 2. The molecular weight excluding hydrogens is 188 g/mol. The minimum absolute atomic E-state index is 0.0354. The van der Waals surface area contributed by atoms with Crippen LogP contribution < -0.4 is 0 Å². The molecule has 1 heterocycles. The van der Waals surface area contributed by atoms with Gasteiger partial charge in [-0.2, -0.15) is 0 Å². The SMILES string of the molecule is CCN(C)C(=O)c1ccnc(Cl)c1. The van der Waals surface area contributed by atoms with Gasteiger partial charge in [-0.3, -0.25) is 4.79 Å². The van der Waals surface area contributed by atoms with E-state index in [0.717, 1.165) is 0 Å². The molecule has 0 saturated heterocycles. The summed E-state index contributed by atoms with van der Waals surface area (Å²) in [4.78, 5) is 17.0. The van der Waals surface area contributed by atoms with E-state index in [2.05, 4.69) is 4.98 Å². The summed E-state index contributed by atoms with van der Waals surface area (Å²) in [6.07, 6.45) is 1.53. The van der Waals surface area contributed by atoms with Crippen molar-refractivity contribution in [3.8, 4) is 0 Å². The van der Waals surface area contributed by atoms with Crippen LogP contribution in [0.1, 0.15) is 17.3 Å². The van der Waals surface area contributed by atoms with Gasteiger partial charge in [-0.15, -0.1) is 0 Å². The molecule has 0 N–H and O–H groups in total. The molecule has 1 rings (SSSR count). The summed E-state index contributed by atoms with van der Waals surface area (Å²) in [5.41, 5.74) is 0.573. The monoisotopic (exact) mass is 198 g/mol. The summed E-state index contributed by atoms with van der Waals surface area (Å²) >= 11 is 5.65. The van der Waals surface area contributed by atoms with Crippen LogP contribution in [0.2, 0.25) is 5.15 Å². The van der Waals surface area contributed by atoms with E-state index >= 15 is 0 Å². The maximum Gasteiger partial charge on any atom is 0.253 e. The first kappa shape index (κ1) is 9.99. The van der Waals surface area contributed by atoms with Crippen LogP contribution in [0.25, 0.3) is 0 Å².